The number of pyridine rings is 1. The smallest absolute Gasteiger partial charge is 0.163 e. The van der Waals surface area contributed by atoms with Crippen LogP contribution in [0.2, 0.25) is 0 Å². The number of rotatable bonds is 4. The van der Waals surface area contributed by atoms with E-state index in [-0.39, 0.29) is 0 Å². The van der Waals surface area contributed by atoms with Crippen LogP contribution in [0.15, 0.2) is 67.0 Å². The van der Waals surface area contributed by atoms with E-state index in [2.05, 4.69) is 20.0 Å². The summed E-state index contributed by atoms with van der Waals surface area (Å²) in [4.78, 5) is 13.6. The fourth-order valence-corrected chi connectivity index (χ4v) is 2.83. The van der Waals surface area contributed by atoms with Crippen molar-refractivity contribution in [2.75, 3.05) is 26.6 Å². The van der Waals surface area contributed by atoms with Crippen LogP contribution in [0.5, 0.6) is 5.75 Å². The number of fused-ring (bicyclic) bond motifs is 1. The molecule has 2 heterocycles. The highest BCUT2D eigenvalue weighted by molar-refractivity contribution is 5.92. The Bertz CT molecular complexity index is 1080. The number of para-hydroxylation sites is 1. The average molecular weight is 388 g/mol. The highest BCUT2D eigenvalue weighted by Gasteiger charge is 2.10. The molecule has 6 nitrogen and oxygen atoms in total. The molecule has 0 spiro atoms. The molecule has 0 amide bonds. The van der Waals surface area contributed by atoms with Gasteiger partial charge < -0.3 is 14.8 Å². The van der Waals surface area contributed by atoms with Crippen LogP contribution in [0.1, 0.15) is 5.56 Å². The lowest BCUT2D eigenvalue weighted by atomic mass is 10.2. The number of nitrogens with one attached hydrogen (secondary N) is 1. The molecule has 148 valence electrons. The fourth-order valence-electron chi connectivity index (χ4n) is 2.83. The second-order valence-corrected chi connectivity index (χ2v) is 6.37. The molecule has 0 bridgehead atoms. The lowest BCUT2D eigenvalue weighted by Crippen LogP contribution is -2.00. The summed E-state index contributed by atoms with van der Waals surface area (Å²) in [5.74, 6) is 2.22. The van der Waals surface area contributed by atoms with E-state index in [4.69, 9.17) is 9.72 Å². The third kappa shape index (κ3) is 4.86. The molecule has 0 unspecified atom stereocenters. The summed E-state index contributed by atoms with van der Waals surface area (Å²) in [6.45, 7) is 2.02. The molecule has 0 fully saturated rings. The van der Waals surface area contributed by atoms with Gasteiger partial charge in [0.05, 0.1) is 12.6 Å². The zero-order chi connectivity index (χ0) is 20.6. The van der Waals surface area contributed by atoms with Crippen molar-refractivity contribution >= 4 is 22.4 Å². The van der Waals surface area contributed by atoms with E-state index in [1.54, 1.807) is 33.7 Å². The van der Waals surface area contributed by atoms with Gasteiger partial charge in [0.15, 0.2) is 5.82 Å². The maximum Gasteiger partial charge on any atom is 0.163 e. The maximum atomic E-state index is 5.42. The van der Waals surface area contributed by atoms with Crippen LogP contribution in [0.25, 0.3) is 22.3 Å². The summed E-state index contributed by atoms with van der Waals surface area (Å²) < 4.78 is 9.67. The molecule has 1 N–H and O–H groups in total. The largest absolute Gasteiger partial charge is 0.496 e. The summed E-state index contributed by atoms with van der Waals surface area (Å²) in [6, 6.07) is 17.8. The standard InChI is InChI=1S/C21H18N4O.C2H6O/c1-14-9-10-16(12-19(14)26-2)23-21-17-7-3-4-8-18(17)24-20(25-21)15-6-5-11-22-13-15;1-3-2/h3-13H,1-2H3,(H,23,24,25);1-2H3. The summed E-state index contributed by atoms with van der Waals surface area (Å²) in [5, 5.41) is 4.37. The molecule has 6 heteroatoms. The molecule has 0 atom stereocenters. The molecular weight excluding hydrogens is 364 g/mol. The van der Waals surface area contributed by atoms with Crippen LogP contribution in [-0.2, 0) is 4.74 Å². The van der Waals surface area contributed by atoms with Gasteiger partial charge in [-0.2, -0.15) is 0 Å². The minimum absolute atomic E-state index is 0.637. The number of hydrogen-bond donors (Lipinski definition) is 1. The Labute approximate surface area is 170 Å². The predicted octanol–water partition coefficient (Wildman–Crippen LogP) is 5.02. The Morgan fingerprint density at radius 1 is 0.897 bits per heavy atom. The molecule has 2 aromatic heterocycles. The van der Waals surface area contributed by atoms with Crippen molar-refractivity contribution in [2.24, 2.45) is 0 Å². The lowest BCUT2D eigenvalue weighted by molar-refractivity contribution is 0.277. The second kappa shape index (κ2) is 9.61. The third-order valence-corrected chi connectivity index (χ3v) is 4.19. The van der Waals surface area contributed by atoms with Gasteiger partial charge >= 0.3 is 0 Å². The van der Waals surface area contributed by atoms with Crippen molar-refractivity contribution in [1.82, 2.24) is 15.0 Å². The average Bonchev–Trinajstić information content (AvgIpc) is 2.76. The molecule has 0 aliphatic rings. The van der Waals surface area contributed by atoms with Crippen molar-refractivity contribution in [2.45, 2.75) is 6.92 Å². The molecule has 2 aromatic carbocycles. The first-order valence-corrected chi connectivity index (χ1v) is 9.15. The molecule has 4 aromatic rings. The molecule has 0 radical (unpaired) electrons. The first-order chi connectivity index (χ1) is 14.2. The van der Waals surface area contributed by atoms with Gasteiger partial charge in [0, 0.05) is 49.3 Å². The predicted molar refractivity (Wildman–Crippen MR) is 117 cm³/mol. The summed E-state index contributed by atoms with van der Waals surface area (Å²) in [7, 11) is 4.92. The van der Waals surface area contributed by atoms with Crippen molar-refractivity contribution < 1.29 is 9.47 Å². The van der Waals surface area contributed by atoms with E-state index in [1.807, 2.05) is 61.5 Å². The summed E-state index contributed by atoms with van der Waals surface area (Å²) in [5.41, 5.74) is 3.75. The van der Waals surface area contributed by atoms with E-state index in [0.717, 1.165) is 39.3 Å². The van der Waals surface area contributed by atoms with Crippen LogP contribution in [0, 0.1) is 6.92 Å². The van der Waals surface area contributed by atoms with Crippen molar-refractivity contribution in [3.8, 4) is 17.1 Å². The first-order valence-electron chi connectivity index (χ1n) is 9.15. The molecule has 0 saturated heterocycles. The number of anilines is 2. The van der Waals surface area contributed by atoms with Gasteiger partial charge in [0.2, 0.25) is 0 Å². The first kappa shape index (κ1) is 20.2. The minimum atomic E-state index is 0.637. The number of benzene rings is 2. The van der Waals surface area contributed by atoms with E-state index in [1.165, 1.54) is 0 Å². The number of ether oxygens (including phenoxy) is 2. The number of aromatic nitrogens is 3. The second-order valence-electron chi connectivity index (χ2n) is 6.37. The Balaban J connectivity index is 0.000000755. The number of nitrogens with zero attached hydrogens (tertiary/aromatic N) is 3. The Morgan fingerprint density at radius 3 is 2.41 bits per heavy atom. The van der Waals surface area contributed by atoms with Crippen molar-refractivity contribution in [3.05, 3.63) is 72.6 Å². The van der Waals surface area contributed by atoms with Crippen LogP contribution in [0.3, 0.4) is 0 Å². The van der Waals surface area contributed by atoms with Gasteiger partial charge in [-0.15, -0.1) is 0 Å². The van der Waals surface area contributed by atoms with Crippen LogP contribution < -0.4 is 10.1 Å². The van der Waals surface area contributed by atoms with Gasteiger partial charge in [-0.05, 0) is 42.8 Å². The molecule has 0 saturated carbocycles. The van der Waals surface area contributed by atoms with Crippen molar-refractivity contribution in [1.29, 1.82) is 0 Å². The zero-order valence-corrected chi connectivity index (χ0v) is 17.0. The van der Waals surface area contributed by atoms with E-state index < -0.39 is 0 Å². The molecule has 0 aliphatic heterocycles. The van der Waals surface area contributed by atoms with Gasteiger partial charge in [0.1, 0.15) is 11.6 Å². The third-order valence-electron chi connectivity index (χ3n) is 4.19. The van der Waals surface area contributed by atoms with Gasteiger partial charge in [0.25, 0.3) is 0 Å². The molecular formula is C23H24N4O2. The Kier molecular flexibility index (Phi) is 6.71. The normalized spacial score (nSPS) is 10.2. The summed E-state index contributed by atoms with van der Waals surface area (Å²) >= 11 is 0. The Hall–Kier alpha value is -3.51. The SMILES string of the molecule is COC.COc1cc(Nc2nc(-c3cccnc3)nc3ccccc23)ccc1C. The zero-order valence-electron chi connectivity index (χ0n) is 17.0. The molecule has 4 rings (SSSR count). The molecule has 0 aliphatic carbocycles. The molecule has 29 heavy (non-hydrogen) atoms. The van der Waals surface area contributed by atoms with Crippen LogP contribution in [-0.4, -0.2) is 36.3 Å². The topological polar surface area (TPSA) is 69.2 Å². The number of hydrogen-bond acceptors (Lipinski definition) is 6. The van der Waals surface area contributed by atoms with E-state index in [0.29, 0.717) is 5.82 Å². The van der Waals surface area contributed by atoms with Gasteiger partial charge in [-0.1, -0.05) is 18.2 Å². The number of methoxy groups -OCH3 is 2. The monoisotopic (exact) mass is 388 g/mol. The van der Waals surface area contributed by atoms with E-state index in [9.17, 15) is 0 Å². The Morgan fingerprint density at radius 2 is 1.69 bits per heavy atom. The lowest BCUT2D eigenvalue weighted by Gasteiger charge is -2.12. The summed E-state index contributed by atoms with van der Waals surface area (Å²) in [6.07, 6.45) is 3.51. The van der Waals surface area contributed by atoms with Crippen molar-refractivity contribution in [3.63, 3.8) is 0 Å². The fraction of sp³-hybridized carbons (Fsp3) is 0.174. The van der Waals surface area contributed by atoms with Crippen LogP contribution >= 0.6 is 0 Å². The minimum Gasteiger partial charge on any atom is -0.496 e. The van der Waals surface area contributed by atoms with Crippen LogP contribution in [0.4, 0.5) is 11.5 Å². The highest BCUT2D eigenvalue weighted by atomic mass is 16.5. The number of aryl methyl sites for hydroxylation is 1. The van der Waals surface area contributed by atoms with Gasteiger partial charge in [-0.25, -0.2) is 9.97 Å². The van der Waals surface area contributed by atoms with E-state index >= 15 is 0 Å². The van der Waals surface area contributed by atoms with Gasteiger partial charge in [-0.3, -0.25) is 4.98 Å². The maximum absolute atomic E-state index is 5.42. The quantitative estimate of drug-likeness (QED) is 0.530. The highest BCUT2D eigenvalue weighted by Crippen LogP contribution is 2.29.